The molecule has 0 radical (unpaired) electrons. The Hall–Kier alpha value is -2.11. The van der Waals surface area contributed by atoms with E-state index in [9.17, 15) is 0 Å². The third-order valence-corrected chi connectivity index (χ3v) is 3.20. The zero-order chi connectivity index (χ0) is 14.2. The van der Waals surface area contributed by atoms with Crippen molar-refractivity contribution < 1.29 is 0 Å². The van der Waals surface area contributed by atoms with Crippen LogP contribution in [0.25, 0.3) is 0 Å². The van der Waals surface area contributed by atoms with Gasteiger partial charge in [0.25, 0.3) is 0 Å². The smallest absolute Gasteiger partial charge is 0.152 e. The largest absolute Gasteiger partial charge is 0.365 e. The van der Waals surface area contributed by atoms with E-state index in [1.54, 1.807) is 6.33 Å². The van der Waals surface area contributed by atoms with E-state index in [1.807, 2.05) is 18.2 Å². The molecule has 0 atom stereocenters. The number of anilines is 2. The van der Waals surface area contributed by atoms with E-state index in [0.717, 1.165) is 37.1 Å². The van der Waals surface area contributed by atoms with Gasteiger partial charge in [0, 0.05) is 18.6 Å². The molecule has 0 bridgehead atoms. The fourth-order valence-electron chi connectivity index (χ4n) is 2.32. The topological polar surface area (TPSA) is 58.9 Å². The van der Waals surface area contributed by atoms with Gasteiger partial charge in [0.2, 0.25) is 0 Å². The highest BCUT2D eigenvalue weighted by molar-refractivity contribution is 5.48. The lowest BCUT2D eigenvalue weighted by Crippen LogP contribution is -2.34. The van der Waals surface area contributed by atoms with E-state index in [-0.39, 0.29) is 5.54 Å². The van der Waals surface area contributed by atoms with Crippen molar-refractivity contribution in [3.05, 3.63) is 30.4 Å². The summed E-state index contributed by atoms with van der Waals surface area (Å²) in [4.78, 5) is 6.93. The molecule has 0 unspecified atom stereocenters. The molecule has 3 heterocycles. The van der Waals surface area contributed by atoms with Gasteiger partial charge < -0.3 is 14.8 Å². The quantitative estimate of drug-likeness (QED) is 0.905. The normalized spacial score (nSPS) is 15.1. The maximum Gasteiger partial charge on any atom is 0.152 e. The number of nitrogens with one attached hydrogen (secondary N) is 1. The molecule has 2 aromatic rings. The van der Waals surface area contributed by atoms with Crippen molar-refractivity contribution in [3.63, 3.8) is 0 Å². The lowest BCUT2D eigenvalue weighted by atomic mass is 10.1. The Labute approximate surface area is 118 Å². The van der Waals surface area contributed by atoms with E-state index in [1.165, 1.54) is 0 Å². The number of nitrogens with zero attached hydrogens (tertiary/aromatic N) is 5. The molecule has 1 N–H and O–H groups in total. The van der Waals surface area contributed by atoms with Crippen LogP contribution in [0.15, 0.2) is 24.5 Å². The average molecular weight is 272 g/mol. The van der Waals surface area contributed by atoms with Crippen molar-refractivity contribution >= 4 is 11.6 Å². The first-order chi connectivity index (χ1) is 9.51. The van der Waals surface area contributed by atoms with Crippen LogP contribution >= 0.6 is 0 Å². The van der Waals surface area contributed by atoms with Gasteiger partial charge in [0.05, 0.1) is 6.54 Å². The Balaban J connectivity index is 1.80. The first kappa shape index (κ1) is 12.9. The summed E-state index contributed by atoms with van der Waals surface area (Å²) in [6.07, 6.45) is 1.79. The van der Waals surface area contributed by atoms with E-state index in [2.05, 4.69) is 45.8 Å². The number of hydrogen-bond donors (Lipinski definition) is 1. The number of pyridine rings is 1. The minimum atomic E-state index is 0.00764. The first-order valence-corrected chi connectivity index (χ1v) is 6.88. The third-order valence-electron chi connectivity index (χ3n) is 3.20. The SMILES string of the molecule is CC(C)(C)Nc1cccc(N2CCn3cnnc3C2)n1. The van der Waals surface area contributed by atoms with Crippen LogP contribution in [0.1, 0.15) is 26.6 Å². The summed E-state index contributed by atoms with van der Waals surface area (Å²) < 4.78 is 2.09. The van der Waals surface area contributed by atoms with Crippen molar-refractivity contribution in [1.29, 1.82) is 0 Å². The van der Waals surface area contributed by atoms with Crippen LogP contribution in [0.2, 0.25) is 0 Å². The second-order valence-corrected chi connectivity index (χ2v) is 6.12. The van der Waals surface area contributed by atoms with Crippen molar-refractivity contribution in [2.24, 2.45) is 0 Å². The van der Waals surface area contributed by atoms with Gasteiger partial charge in [-0.25, -0.2) is 4.98 Å². The Morgan fingerprint density at radius 3 is 2.85 bits per heavy atom. The second-order valence-electron chi connectivity index (χ2n) is 6.12. The second kappa shape index (κ2) is 4.77. The predicted octanol–water partition coefficient (Wildman–Crippen LogP) is 1.90. The molecule has 1 aliphatic rings. The average Bonchev–Trinajstić information content (AvgIpc) is 2.84. The van der Waals surface area contributed by atoms with Crippen LogP contribution in [-0.2, 0) is 13.1 Å². The number of rotatable bonds is 2. The number of aromatic nitrogens is 4. The zero-order valence-electron chi connectivity index (χ0n) is 12.2. The summed E-state index contributed by atoms with van der Waals surface area (Å²) in [5.41, 5.74) is 0.00764. The van der Waals surface area contributed by atoms with Crippen LogP contribution < -0.4 is 10.2 Å². The van der Waals surface area contributed by atoms with Crippen molar-refractivity contribution in [2.75, 3.05) is 16.8 Å². The van der Waals surface area contributed by atoms with E-state index >= 15 is 0 Å². The van der Waals surface area contributed by atoms with Crippen LogP contribution in [-0.4, -0.2) is 31.8 Å². The Bertz CT molecular complexity index is 598. The molecule has 106 valence electrons. The molecule has 0 saturated carbocycles. The Morgan fingerprint density at radius 1 is 1.20 bits per heavy atom. The minimum Gasteiger partial charge on any atom is -0.365 e. The molecule has 6 heteroatoms. The third kappa shape index (κ3) is 2.74. The molecule has 1 aliphatic heterocycles. The molecular weight excluding hydrogens is 252 g/mol. The highest BCUT2D eigenvalue weighted by atomic mass is 15.3. The summed E-state index contributed by atoms with van der Waals surface area (Å²) in [7, 11) is 0. The fourth-order valence-corrected chi connectivity index (χ4v) is 2.32. The molecule has 0 aliphatic carbocycles. The van der Waals surface area contributed by atoms with Gasteiger partial charge in [-0.3, -0.25) is 0 Å². The van der Waals surface area contributed by atoms with Gasteiger partial charge in [-0.05, 0) is 32.9 Å². The molecule has 0 amide bonds. The van der Waals surface area contributed by atoms with Gasteiger partial charge in [-0.2, -0.15) is 0 Å². The predicted molar refractivity (Wildman–Crippen MR) is 78.7 cm³/mol. The summed E-state index contributed by atoms with van der Waals surface area (Å²) >= 11 is 0. The summed E-state index contributed by atoms with van der Waals surface area (Å²) in [6.45, 7) is 8.98. The van der Waals surface area contributed by atoms with Gasteiger partial charge in [-0.1, -0.05) is 6.07 Å². The van der Waals surface area contributed by atoms with Crippen LogP contribution in [0, 0.1) is 0 Å². The molecule has 6 nitrogen and oxygen atoms in total. The Morgan fingerprint density at radius 2 is 2.05 bits per heavy atom. The lowest BCUT2D eigenvalue weighted by molar-refractivity contribution is 0.556. The summed E-state index contributed by atoms with van der Waals surface area (Å²) in [5.74, 6) is 2.88. The molecule has 0 saturated heterocycles. The Kier molecular flexibility index (Phi) is 3.08. The highest BCUT2D eigenvalue weighted by Crippen LogP contribution is 2.20. The van der Waals surface area contributed by atoms with Gasteiger partial charge in [-0.15, -0.1) is 10.2 Å². The monoisotopic (exact) mass is 272 g/mol. The van der Waals surface area contributed by atoms with E-state index in [0.29, 0.717) is 0 Å². The molecule has 3 rings (SSSR count). The highest BCUT2D eigenvalue weighted by Gasteiger charge is 2.19. The van der Waals surface area contributed by atoms with Crippen molar-refractivity contribution in [3.8, 4) is 0 Å². The fraction of sp³-hybridized carbons (Fsp3) is 0.500. The first-order valence-electron chi connectivity index (χ1n) is 6.88. The lowest BCUT2D eigenvalue weighted by Gasteiger charge is -2.29. The van der Waals surface area contributed by atoms with Gasteiger partial charge >= 0.3 is 0 Å². The van der Waals surface area contributed by atoms with Gasteiger partial charge in [0.1, 0.15) is 18.0 Å². The number of hydrogen-bond acceptors (Lipinski definition) is 5. The zero-order valence-corrected chi connectivity index (χ0v) is 12.2. The van der Waals surface area contributed by atoms with Crippen LogP contribution in [0.5, 0.6) is 0 Å². The maximum atomic E-state index is 4.70. The summed E-state index contributed by atoms with van der Waals surface area (Å²) in [5, 5.41) is 11.5. The van der Waals surface area contributed by atoms with Gasteiger partial charge in [0.15, 0.2) is 5.82 Å². The van der Waals surface area contributed by atoms with Crippen LogP contribution in [0.4, 0.5) is 11.6 Å². The molecule has 0 fully saturated rings. The van der Waals surface area contributed by atoms with Crippen molar-refractivity contribution in [2.45, 2.75) is 39.4 Å². The van der Waals surface area contributed by atoms with E-state index < -0.39 is 0 Å². The van der Waals surface area contributed by atoms with E-state index in [4.69, 9.17) is 4.98 Å². The number of fused-ring (bicyclic) bond motifs is 1. The molecule has 0 aromatic carbocycles. The maximum absolute atomic E-state index is 4.70. The standard InChI is InChI=1S/C14H20N6/c1-14(2,3)17-11-5-4-6-12(16-11)19-7-8-20-10-15-18-13(20)9-19/h4-6,10H,7-9H2,1-3H3,(H,16,17). The minimum absolute atomic E-state index is 0.00764. The molecule has 2 aromatic heterocycles. The summed E-state index contributed by atoms with van der Waals surface area (Å²) in [6, 6.07) is 6.08. The van der Waals surface area contributed by atoms with Crippen LogP contribution in [0.3, 0.4) is 0 Å². The van der Waals surface area contributed by atoms with Crippen molar-refractivity contribution in [1.82, 2.24) is 19.7 Å². The molecular formula is C14H20N6. The molecule has 20 heavy (non-hydrogen) atoms. The molecule has 0 spiro atoms.